The molecule has 1 aromatic carbocycles. The van der Waals surface area contributed by atoms with Crippen LogP contribution in [0.5, 0.6) is 5.75 Å². The van der Waals surface area contributed by atoms with Crippen molar-refractivity contribution in [1.29, 1.82) is 0 Å². The number of hydrogen-bond acceptors (Lipinski definition) is 3. The number of carboxylic acids is 1. The van der Waals surface area contributed by atoms with E-state index in [2.05, 4.69) is 6.92 Å². The Morgan fingerprint density at radius 2 is 1.85 bits per heavy atom. The zero-order chi connectivity index (χ0) is 15.0. The van der Waals surface area contributed by atoms with Gasteiger partial charge in [-0.05, 0) is 30.5 Å². The van der Waals surface area contributed by atoms with Crippen LogP contribution in [0.2, 0.25) is 0 Å². The minimum absolute atomic E-state index is 0.0331. The van der Waals surface area contributed by atoms with Crippen molar-refractivity contribution in [2.45, 2.75) is 51.0 Å². The van der Waals surface area contributed by atoms with Gasteiger partial charge in [0.15, 0.2) is 0 Å². The van der Waals surface area contributed by atoms with E-state index < -0.39 is 11.6 Å². The maximum atomic E-state index is 10.8. The van der Waals surface area contributed by atoms with Gasteiger partial charge < -0.3 is 14.9 Å². The summed E-state index contributed by atoms with van der Waals surface area (Å²) in [7, 11) is 1.59. The average Bonchev–Trinajstić information content (AvgIpc) is 2.45. The van der Waals surface area contributed by atoms with Crippen LogP contribution in [-0.2, 0) is 10.4 Å². The largest absolute Gasteiger partial charge is 0.497 e. The number of aliphatic hydroxyl groups is 1. The van der Waals surface area contributed by atoms with Crippen LogP contribution in [-0.4, -0.2) is 23.3 Å². The van der Waals surface area contributed by atoms with E-state index in [4.69, 9.17) is 9.84 Å². The summed E-state index contributed by atoms with van der Waals surface area (Å²) in [5, 5.41) is 19.7. The average molecular weight is 280 g/mol. The zero-order valence-corrected chi connectivity index (χ0v) is 12.3. The van der Waals surface area contributed by atoms with Crippen LogP contribution in [0.1, 0.15) is 51.0 Å². The van der Waals surface area contributed by atoms with Gasteiger partial charge in [0.05, 0.1) is 12.7 Å². The number of methoxy groups -OCH3 is 1. The number of ether oxygens (including phenoxy) is 1. The van der Waals surface area contributed by atoms with Crippen molar-refractivity contribution in [1.82, 2.24) is 0 Å². The Hall–Kier alpha value is -1.55. The van der Waals surface area contributed by atoms with E-state index in [1.54, 1.807) is 19.2 Å². The fraction of sp³-hybridized carbons (Fsp3) is 0.562. The third-order valence-corrected chi connectivity index (χ3v) is 3.57. The van der Waals surface area contributed by atoms with E-state index in [0.29, 0.717) is 6.42 Å². The lowest BCUT2D eigenvalue weighted by Crippen LogP contribution is -2.26. The molecule has 1 atom stereocenters. The van der Waals surface area contributed by atoms with Gasteiger partial charge in [0, 0.05) is 6.42 Å². The highest BCUT2D eigenvalue weighted by molar-refractivity contribution is 5.66. The Balaban J connectivity index is 2.85. The number of carbonyl (C=O) groups is 1. The standard InChI is InChI=1S/C16H24O4/c1-3-4-5-11-16(19,12-10-15(17)18)13-6-8-14(20-2)9-7-13/h6-9,19H,3-5,10-12H2,1-2H3,(H,17,18). The lowest BCUT2D eigenvalue weighted by Gasteiger charge is -2.28. The molecule has 0 aliphatic heterocycles. The number of carboxylic acid groups (broad SMARTS) is 1. The van der Waals surface area contributed by atoms with Crippen molar-refractivity contribution in [2.75, 3.05) is 7.11 Å². The van der Waals surface area contributed by atoms with Gasteiger partial charge in [0.25, 0.3) is 0 Å². The molecular formula is C16H24O4. The van der Waals surface area contributed by atoms with Crippen molar-refractivity contribution < 1.29 is 19.7 Å². The predicted octanol–water partition coefficient (Wildman–Crippen LogP) is 3.33. The maximum Gasteiger partial charge on any atom is 0.303 e. The molecule has 0 bridgehead atoms. The summed E-state index contributed by atoms with van der Waals surface area (Å²) in [6, 6.07) is 7.21. The molecule has 0 heterocycles. The van der Waals surface area contributed by atoms with E-state index in [1.807, 2.05) is 12.1 Å². The van der Waals surface area contributed by atoms with Gasteiger partial charge in [-0.1, -0.05) is 38.3 Å². The molecule has 0 spiro atoms. The SMILES string of the molecule is CCCCCC(O)(CCC(=O)O)c1ccc(OC)cc1. The molecule has 0 fully saturated rings. The lowest BCUT2D eigenvalue weighted by atomic mass is 9.84. The van der Waals surface area contributed by atoms with Crippen LogP contribution in [0.15, 0.2) is 24.3 Å². The summed E-state index contributed by atoms with van der Waals surface area (Å²) < 4.78 is 5.10. The number of unbranched alkanes of at least 4 members (excludes halogenated alkanes) is 2. The molecule has 0 amide bonds. The maximum absolute atomic E-state index is 10.8. The van der Waals surface area contributed by atoms with E-state index in [9.17, 15) is 9.90 Å². The molecule has 2 N–H and O–H groups in total. The summed E-state index contributed by atoms with van der Waals surface area (Å²) in [5.41, 5.74) is -0.310. The van der Waals surface area contributed by atoms with Crippen molar-refractivity contribution >= 4 is 5.97 Å². The van der Waals surface area contributed by atoms with Crippen molar-refractivity contribution in [2.24, 2.45) is 0 Å². The molecule has 1 rings (SSSR count). The molecule has 20 heavy (non-hydrogen) atoms. The Morgan fingerprint density at radius 1 is 1.20 bits per heavy atom. The van der Waals surface area contributed by atoms with Crippen LogP contribution in [0.4, 0.5) is 0 Å². The van der Waals surface area contributed by atoms with E-state index in [-0.39, 0.29) is 12.8 Å². The third-order valence-electron chi connectivity index (χ3n) is 3.57. The van der Waals surface area contributed by atoms with Crippen molar-refractivity contribution in [3.8, 4) is 5.75 Å². The molecule has 0 saturated heterocycles. The predicted molar refractivity (Wildman–Crippen MR) is 77.9 cm³/mol. The smallest absolute Gasteiger partial charge is 0.303 e. The van der Waals surface area contributed by atoms with Crippen LogP contribution in [0, 0.1) is 0 Å². The highest BCUT2D eigenvalue weighted by Crippen LogP contribution is 2.33. The second-order valence-corrected chi connectivity index (χ2v) is 5.11. The van der Waals surface area contributed by atoms with Gasteiger partial charge in [-0.2, -0.15) is 0 Å². The van der Waals surface area contributed by atoms with Crippen LogP contribution >= 0.6 is 0 Å². The van der Waals surface area contributed by atoms with Crippen LogP contribution in [0.25, 0.3) is 0 Å². The van der Waals surface area contributed by atoms with Crippen molar-refractivity contribution in [3.05, 3.63) is 29.8 Å². The topological polar surface area (TPSA) is 66.8 Å². The van der Waals surface area contributed by atoms with E-state index in [0.717, 1.165) is 30.6 Å². The van der Waals surface area contributed by atoms with Crippen LogP contribution < -0.4 is 4.74 Å². The van der Waals surface area contributed by atoms with Crippen LogP contribution in [0.3, 0.4) is 0 Å². The summed E-state index contributed by atoms with van der Waals surface area (Å²) >= 11 is 0. The third kappa shape index (κ3) is 4.85. The van der Waals surface area contributed by atoms with Gasteiger partial charge in [0.2, 0.25) is 0 Å². The first kappa shape index (κ1) is 16.5. The second kappa shape index (κ2) is 7.90. The highest BCUT2D eigenvalue weighted by Gasteiger charge is 2.29. The number of rotatable bonds is 9. The fourth-order valence-corrected chi connectivity index (χ4v) is 2.30. The molecular weight excluding hydrogens is 256 g/mol. The summed E-state index contributed by atoms with van der Waals surface area (Å²) in [5.74, 6) is -0.157. The summed E-state index contributed by atoms with van der Waals surface area (Å²) in [6.07, 6.45) is 3.77. The minimum atomic E-state index is -1.07. The van der Waals surface area contributed by atoms with Gasteiger partial charge in [0.1, 0.15) is 5.75 Å². The Labute approximate surface area is 120 Å². The summed E-state index contributed by atoms with van der Waals surface area (Å²) in [4.78, 5) is 10.8. The quantitative estimate of drug-likeness (QED) is 0.681. The Bertz CT molecular complexity index is 413. The molecule has 0 saturated carbocycles. The molecule has 1 aromatic rings. The van der Waals surface area contributed by atoms with E-state index in [1.165, 1.54) is 0 Å². The van der Waals surface area contributed by atoms with Gasteiger partial charge in [-0.25, -0.2) is 0 Å². The van der Waals surface area contributed by atoms with Crippen molar-refractivity contribution in [3.63, 3.8) is 0 Å². The van der Waals surface area contributed by atoms with Gasteiger partial charge >= 0.3 is 5.97 Å². The first-order chi connectivity index (χ1) is 9.51. The normalized spacial score (nSPS) is 13.8. The first-order valence-electron chi connectivity index (χ1n) is 7.10. The molecule has 0 aliphatic rings. The number of aliphatic carboxylic acids is 1. The second-order valence-electron chi connectivity index (χ2n) is 5.11. The minimum Gasteiger partial charge on any atom is -0.497 e. The lowest BCUT2D eigenvalue weighted by molar-refractivity contribution is -0.138. The number of benzene rings is 1. The van der Waals surface area contributed by atoms with Gasteiger partial charge in [-0.15, -0.1) is 0 Å². The first-order valence-corrected chi connectivity index (χ1v) is 7.10. The number of hydrogen-bond donors (Lipinski definition) is 2. The summed E-state index contributed by atoms with van der Waals surface area (Å²) in [6.45, 7) is 2.10. The highest BCUT2D eigenvalue weighted by atomic mass is 16.5. The molecule has 112 valence electrons. The Morgan fingerprint density at radius 3 is 2.35 bits per heavy atom. The molecule has 0 aliphatic carbocycles. The molecule has 1 unspecified atom stereocenters. The Kier molecular flexibility index (Phi) is 6.52. The van der Waals surface area contributed by atoms with Gasteiger partial charge in [-0.3, -0.25) is 4.79 Å². The molecule has 4 nitrogen and oxygen atoms in total. The monoisotopic (exact) mass is 280 g/mol. The molecule has 4 heteroatoms. The molecule has 0 aromatic heterocycles. The fourth-order valence-electron chi connectivity index (χ4n) is 2.30. The molecule has 0 radical (unpaired) electrons. The van der Waals surface area contributed by atoms with E-state index >= 15 is 0 Å². The zero-order valence-electron chi connectivity index (χ0n) is 12.3.